The number of para-hydroxylation sites is 1. The number of esters is 1. The van der Waals surface area contributed by atoms with E-state index in [9.17, 15) is 9.59 Å². The summed E-state index contributed by atoms with van der Waals surface area (Å²) in [4.78, 5) is 27.9. The highest BCUT2D eigenvalue weighted by atomic mass is 16.5. The number of ether oxygens (including phenoxy) is 1. The van der Waals surface area contributed by atoms with Gasteiger partial charge in [-0.3, -0.25) is 4.79 Å². The van der Waals surface area contributed by atoms with Crippen molar-refractivity contribution in [2.45, 2.75) is 52.9 Å². The summed E-state index contributed by atoms with van der Waals surface area (Å²) in [6.45, 7) is 6.50. The molecular formula is C28H32N2O3. The van der Waals surface area contributed by atoms with Crippen LogP contribution in [0, 0.1) is 13.8 Å². The molecule has 5 heteroatoms. The number of carbonyl (C=O) groups is 2. The van der Waals surface area contributed by atoms with E-state index in [-0.39, 0.29) is 5.91 Å². The van der Waals surface area contributed by atoms with E-state index in [1.165, 1.54) is 25.5 Å². The summed E-state index contributed by atoms with van der Waals surface area (Å²) in [6.07, 6.45) is 9.67. The smallest absolute Gasteiger partial charge is 0.340 e. The maximum Gasteiger partial charge on any atom is 0.340 e. The molecule has 0 saturated heterocycles. The average Bonchev–Trinajstić information content (AvgIpc) is 3.24. The van der Waals surface area contributed by atoms with Crippen LogP contribution in [0.5, 0.6) is 0 Å². The minimum Gasteiger partial charge on any atom is -0.465 e. The molecule has 2 aliphatic rings. The van der Waals surface area contributed by atoms with Gasteiger partial charge in [-0.05, 0) is 82.7 Å². The lowest BCUT2D eigenvalue weighted by molar-refractivity contribution is -0.136. The van der Waals surface area contributed by atoms with Gasteiger partial charge in [-0.15, -0.1) is 0 Å². The number of hydrogen-bond acceptors (Lipinski definition) is 3. The topological polar surface area (TPSA) is 51.5 Å². The lowest BCUT2D eigenvalue weighted by atomic mass is 9.97. The Morgan fingerprint density at radius 3 is 2.55 bits per heavy atom. The van der Waals surface area contributed by atoms with E-state index in [0.29, 0.717) is 23.4 Å². The van der Waals surface area contributed by atoms with Crippen LogP contribution in [0.1, 0.15) is 56.0 Å². The van der Waals surface area contributed by atoms with Crippen molar-refractivity contribution in [1.29, 1.82) is 0 Å². The van der Waals surface area contributed by atoms with Crippen LogP contribution in [-0.4, -0.2) is 35.0 Å². The van der Waals surface area contributed by atoms with Crippen LogP contribution >= 0.6 is 0 Å². The van der Waals surface area contributed by atoms with Crippen molar-refractivity contribution in [2.75, 3.05) is 13.7 Å². The van der Waals surface area contributed by atoms with Gasteiger partial charge in [-0.2, -0.15) is 0 Å². The van der Waals surface area contributed by atoms with E-state index in [0.717, 1.165) is 41.9 Å². The molecule has 2 heterocycles. The third-order valence-corrected chi connectivity index (χ3v) is 6.73. The number of rotatable bonds is 6. The fraction of sp³-hybridized carbons (Fsp3) is 0.357. The zero-order valence-electron chi connectivity index (χ0n) is 20.0. The van der Waals surface area contributed by atoms with E-state index >= 15 is 0 Å². The summed E-state index contributed by atoms with van der Waals surface area (Å²) in [5, 5.41) is 0. The van der Waals surface area contributed by atoms with E-state index < -0.39 is 5.97 Å². The number of hydrogen-bond donors (Lipinski definition) is 0. The highest BCUT2D eigenvalue weighted by Crippen LogP contribution is 2.34. The molecule has 172 valence electrons. The number of carbonyl (C=O) groups excluding carboxylic acids is 2. The molecule has 0 radical (unpaired) electrons. The SMILES string of the molecule is COC(=O)C1=C(C)N(CCC2=CCCCC2)C(=O)/C1=C\c1cc(C)n(-c2ccccc2)c1C. The van der Waals surface area contributed by atoms with Crippen LogP contribution in [0.3, 0.4) is 0 Å². The van der Waals surface area contributed by atoms with Gasteiger partial charge >= 0.3 is 5.97 Å². The zero-order valence-corrected chi connectivity index (χ0v) is 20.0. The van der Waals surface area contributed by atoms with E-state index in [4.69, 9.17) is 4.74 Å². The molecule has 5 nitrogen and oxygen atoms in total. The number of allylic oxidation sites excluding steroid dienone is 2. The Hall–Kier alpha value is -3.34. The fourth-order valence-corrected chi connectivity index (χ4v) is 4.95. The molecule has 2 aromatic rings. The summed E-state index contributed by atoms with van der Waals surface area (Å²) in [5.74, 6) is -0.600. The molecule has 1 aromatic carbocycles. The number of aryl methyl sites for hydroxylation is 1. The first-order valence-electron chi connectivity index (χ1n) is 11.7. The number of benzene rings is 1. The Bertz CT molecular complexity index is 1170. The summed E-state index contributed by atoms with van der Waals surface area (Å²) in [7, 11) is 1.36. The number of nitrogens with zero attached hydrogens (tertiary/aromatic N) is 2. The van der Waals surface area contributed by atoms with Gasteiger partial charge in [-0.1, -0.05) is 29.8 Å². The minimum atomic E-state index is -0.469. The van der Waals surface area contributed by atoms with Crippen molar-refractivity contribution < 1.29 is 14.3 Å². The van der Waals surface area contributed by atoms with Crippen molar-refractivity contribution in [3.63, 3.8) is 0 Å². The second-order valence-corrected chi connectivity index (χ2v) is 8.82. The molecule has 1 amide bonds. The Labute approximate surface area is 196 Å². The van der Waals surface area contributed by atoms with E-state index in [1.807, 2.05) is 45.0 Å². The van der Waals surface area contributed by atoms with Crippen LogP contribution in [0.4, 0.5) is 0 Å². The molecule has 0 N–H and O–H groups in total. The first-order valence-corrected chi connectivity index (χ1v) is 11.7. The van der Waals surface area contributed by atoms with Gasteiger partial charge in [-0.25, -0.2) is 4.79 Å². The number of methoxy groups -OCH3 is 1. The molecular weight excluding hydrogens is 412 g/mol. The van der Waals surface area contributed by atoms with Gasteiger partial charge in [0.25, 0.3) is 5.91 Å². The van der Waals surface area contributed by atoms with Crippen LogP contribution < -0.4 is 0 Å². The first kappa shape index (κ1) is 22.8. The maximum absolute atomic E-state index is 13.5. The van der Waals surface area contributed by atoms with Crippen molar-refractivity contribution in [3.8, 4) is 5.69 Å². The molecule has 33 heavy (non-hydrogen) atoms. The van der Waals surface area contributed by atoms with Crippen LogP contribution in [0.15, 0.2) is 64.9 Å². The average molecular weight is 445 g/mol. The third-order valence-electron chi connectivity index (χ3n) is 6.73. The highest BCUT2D eigenvalue weighted by molar-refractivity contribution is 6.16. The molecule has 1 aromatic heterocycles. The Morgan fingerprint density at radius 1 is 1.12 bits per heavy atom. The molecule has 0 fully saturated rings. The number of aromatic nitrogens is 1. The molecule has 0 unspecified atom stereocenters. The van der Waals surface area contributed by atoms with Gasteiger partial charge in [0, 0.05) is 29.3 Å². The number of amides is 1. The monoisotopic (exact) mass is 444 g/mol. The van der Waals surface area contributed by atoms with Gasteiger partial charge in [0.05, 0.1) is 18.3 Å². The molecule has 1 aliphatic heterocycles. The molecule has 0 bridgehead atoms. The zero-order chi connectivity index (χ0) is 23.5. The Morgan fingerprint density at radius 2 is 1.88 bits per heavy atom. The molecule has 4 rings (SSSR count). The molecule has 0 spiro atoms. The lowest BCUT2D eigenvalue weighted by Crippen LogP contribution is -2.26. The van der Waals surface area contributed by atoms with Crippen LogP contribution in [0.25, 0.3) is 11.8 Å². The van der Waals surface area contributed by atoms with Gasteiger partial charge in [0.1, 0.15) is 0 Å². The summed E-state index contributed by atoms with van der Waals surface area (Å²) in [6, 6.07) is 12.2. The maximum atomic E-state index is 13.5. The summed E-state index contributed by atoms with van der Waals surface area (Å²) < 4.78 is 7.22. The Kier molecular flexibility index (Phi) is 6.68. The van der Waals surface area contributed by atoms with Crippen molar-refractivity contribution in [2.24, 2.45) is 0 Å². The molecule has 0 saturated carbocycles. The highest BCUT2D eigenvalue weighted by Gasteiger charge is 2.37. The van der Waals surface area contributed by atoms with Crippen LogP contribution in [0.2, 0.25) is 0 Å². The fourth-order valence-electron chi connectivity index (χ4n) is 4.95. The van der Waals surface area contributed by atoms with Crippen molar-refractivity contribution in [3.05, 3.63) is 81.8 Å². The van der Waals surface area contributed by atoms with Gasteiger partial charge in [0.15, 0.2) is 0 Å². The summed E-state index contributed by atoms with van der Waals surface area (Å²) >= 11 is 0. The van der Waals surface area contributed by atoms with E-state index in [1.54, 1.807) is 4.90 Å². The van der Waals surface area contributed by atoms with Gasteiger partial charge in [0.2, 0.25) is 0 Å². The summed E-state index contributed by atoms with van der Waals surface area (Å²) in [5.41, 5.74) is 6.93. The van der Waals surface area contributed by atoms with Crippen LogP contribution in [-0.2, 0) is 14.3 Å². The largest absolute Gasteiger partial charge is 0.465 e. The molecule has 0 atom stereocenters. The van der Waals surface area contributed by atoms with Crippen molar-refractivity contribution in [1.82, 2.24) is 9.47 Å². The lowest BCUT2D eigenvalue weighted by Gasteiger charge is -2.20. The normalized spacial score (nSPS) is 17.7. The minimum absolute atomic E-state index is 0.131. The molecule has 1 aliphatic carbocycles. The standard InChI is InChI=1S/C28H32N2O3/c1-19-17-23(20(2)30(19)24-13-9-6-10-14-24)18-25-26(28(32)33-4)21(3)29(27(25)31)16-15-22-11-7-5-8-12-22/h6,9-11,13-14,17-18H,5,7-8,12,15-16H2,1-4H3/b25-18-. The third kappa shape index (κ3) is 4.45. The predicted molar refractivity (Wildman–Crippen MR) is 131 cm³/mol. The predicted octanol–water partition coefficient (Wildman–Crippen LogP) is 5.66. The second-order valence-electron chi connectivity index (χ2n) is 8.82. The van der Waals surface area contributed by atoms with Gasteiger partial charge < -0.3 is 14.2 Å². The van der Waals surface area contributed by atoms with Crippen molar-refractivity contribution >= 4 is 18.0 Å². The Balaban J connectivity index is 1.69. The van der Waals surface area contributed by atoms with E-state index in [2.05, 4.69) is 28.8 Å². The first-order chi connectivity index (χ1) is 15.9. The second kappa shape index (κ2) is 9.65. The quantitative estimate of drug-likeness (QED) is 0.328.